The maximum absolute atomic E-state index is 12.7. The van der Waals surface area contributed by atoms with Gasteiger partial charge in [0.05, 0.1) is 6.61 Å². The van der Waals surface area contributed by atoms with Crippen LogP contribution in [0.3, 0.4) is 0 Å². The second kappa shape index (κ2) is 8.28. The van der Waals surface area contributed by atoms with E-state index in [1.165, 1.54) is 18.4 Å². The molecule has 27 heavy (non-hydrogen) atoms. The number of anilines is 1. The number of β-lactam (4-membered cyclic amide) rings is 1. The lowest BCUT2D eigenvalue weighted by Gasteiger charge is -2.50. The van der Waals surface area contributed by atoms with Gasteiger partial charge in [-0.2, -0.15) is 0 Å². The zero-order chi connectivity index (χ0) is 19.6. The second-order valence-corrected chi connectivity index (χ2v) is 7.89. The third-order valence-corrected chi connectivity index (χ3v) is 6.29. The van der Waals surface area contributed by atoms with Crippen molar-refractivity contribution in [1.29, 1.82) is 0 Å². The number of carbonyl (C=O) groups excluding carboxylic acids is 2. The van der Waals surface area contributed by atoms with E-state index in [-0.39, 0.29) is 17.0 Å². The van der Waals surface area contributed by atoms with Crippen molar-refractivity contribution in [1.82, 2.24) is 15.2 Å². The summed E-state index contributed by atoms with van der Waals surface area (Å²) in [5.41, 5.74) is 8.02. The standard InChI is InChI=1S/C16H21N5O4S2/c1-4-10-8(5-24-2)6-26-15-12(14(23)21(10)15)19-13(22)11(20-25-3)9-7-27-16(17)18-9/h7,12,15H,4-6H2,1-3H3,(H2,17,18)(H,19,22)/b20-11+. The van der Waals surface area contributed by atoms with Crippen LogP contribution in [-0.4, -0.2) is 65.4 Å². The monoisotopic (exact) mass is 411 g/mol. The molecule has 2 unspecified atom stereocenters. The molecular formula is C16H21N5O4S2. The fourth-order valence-electron chi connectivity index (χ4n) is 3.12. The van der Waals surface area contributed by atoms with Crippen molar-refractivity contribution >= 4 is 45.8 Å². The Hall–Kier alpha value is -2.11. The summed E-state index contributed by atoms with van der Waals surface area (Å²) in [4.78, 5) is 35.9. The van der Waals surface area contributed by atoms with Gasteiger partial charge >= 0.3 is 0 Å². The minimum atomic E-state index is -0.619. The molecule has 9 nitrogen and oxygen atoms in total. The van der Waals surface area contributed by atoms with Crippen LogP contribution in [0.2, 0.25) is 0 Å². The predicted molar refractivity (Wildman–Crippen MR) is 104 cm³/mol. The Labute approximate surface area is 165 Å². The third-order valence-electron chi connectivity index (χ3n) is 4.27. The summed E-state index contributed by atoms with van der Waals surface area (Å²) in [6.07, 6.45) is 0.733. The molecule has 1 aromatic rings. The van der Waals surface area contributed by atoms with Crippen molar-refractivity contribution < 1.29 is 19.2 Å². The molecule has 0 bridgehead atoms. The number of ether oxygens (including phenoxy) is 1. The number of thiazole rings is 1. The number of nitrogens with zero attached hydrogens (tertiary/aromatic N) is 3. The predicted octanol–water partition coefficient (Wildman–Crippen LogP) is 0.786. The zero-order valence-corrected chi connectivity index (χ0v) is 16.9. The molecule has 146 valence electrons. The van der Waals surface area contributed by atoms with Crippen molar-refractivity contribution in [3.8, 4) is 0 Å². The fourth-order valence-corrected chi connectivity index (χ4v) is 5.04. The molecule has 1 aromatic heterocycles. The normalized spacial score (nSPS) is 22.4. The number of allylic oxidation sites excluding steroid dienone is 1. The summed E-state index contributed by atoms with van der Waals surface area (Å²) < 4.78 is 5.23. The Balaban J connectivity index is 1.75. The number of hydrogen-bond donors (Lipinski definition) is 2. The van der Waals surface area contributed by atoms with Crippen LogP contribution in [0.25, 0.3) is 0 Å². The number of hydrogen-bond acceptors (Lipinski definition) is 9. The molecular weight excluding hydrogens is 390 g/mol. The van der Waals surface area contributed by atoms with Crippen LogP contribution >= 0.6 is 23.1 Å². The summed E-state index contributed by atoms with van der Waals surface area (Å²) in [7, 11) is 2.98. The van der Waals surface area contributed by atoms with Crippen LogP contribution in [0.15, 0.2) is 21.8 Å². The molecule has 2 amide bonds. The van der Waals surface area contributed by atoms with Crippen molar-refractivity contribution in [2.45, 2.75) is 24.8 Å². The lowest BCUT2D eigenvalue weighted by atomic mass is 10.0. The highest BCUT2D eigenvalue weighted by atomic mass is 32.2. The van der Waals surface area contributed by atoms with Crippen molar-refractivity contribution in [3.05, 3.63) is 22.3 Å². The van der Waals surface area contributed by atoms with Gasteiger partial charge in [-0.15, -0.1) is 23.1 Å². The third kappa shape index (κ3) is 3.66. The van der Waals surface area contributed by atoms with Gasteiger partial charge in [0.25, 0.3) is 11.8 Å². The van der Waals surface area contributed by atoms with E-state index in [1.54, 1.807) is 29.2 Å². The number of nitrogens with one attached hydrogen (secondary N) is 1. The highest BCUT2D eigenvalue weighted by Crippen LogP contribution is 2.41. The lowest BCUT2D eigenvalue weighted by Crippen LogP contribution is -2.70. The van der Waals surface area contributed by atoms with Crippen LogP contribution < -0.4 is 11.1 Å². The quantitative estimate of drug-likeness (QED) is 0.387. The van der Waals surface area contributed by atoms with Gasteiger partial charge in [-0.05, 0) is 12.0 Å². The van der Waals surface area contributed by atoms with Gasteiger partial charge in [-0.1, -0.05) is 12.1 Å². The summed E-state index contributed by atoms with van der Waals surface area (Å²) in [5, 5.41) is 8.31. The first-order chi connectivity index (χ1) is 13.0. The van der Waals surface area contributed by atoms with Gasteiger partial charge in [-0.3, -0.25) is 14.5 Å². The van der Waals surface area contributed by atoms with E-state index in [0.717, 1.165) is 23.4 Å². The number of nitrogen functional groups attached to an aromatic ring is 1. The molecule has 0 aromatic carbocycles. The van der Waals surface area contributed by atoms with Gasteiger partial charge in [-0.25, -0.2) is 4.98 Å². The number of rotatable bonds is 7. The number of aromatic nitrogens is 1. The SMILES string of the molecule is CCC1=C(COC)CSC2C(NC(=O)/C(=N/OC)c3csc(N)n3)C(=O)N12. The molecule has 3 heterocycles. The van der Waals surface area contributed by atoms with Crippen LogP contribution in [-0.2, 0) is 19.2 Å². The molecule has 3 N–H and O–H groups in total. The Morgan fingerprint density at radius 2 is 2.30 bits per heavy atom. The lowest BCUT2D eigenvalue weighted by molar-refractivity contribution is -0.145. The number of thioether (sulfide) groups is 1. The summed E-state index contributed by atoms with van der Waals surface area (Å²) in [6, 6.07) is -0.619. The number of amides is 2. The van der Waals surface area contributed by atoms with Gasteiger partial charge in [0.1, 0.15) is 24.2 Å². The van der Waals surface area contributed by atoms with Crippen molar-refractivity contribution in [2.24, 2.45) is 5.16 Å². The van der Waals surface area contributed by atoms with E-state index in [9.17, 15) is 9.59 Å². The minimum absolute atomic E-state index is 0.0103. The van der Waals surface area contributed by atoms with Crippen LogP contribution in [0, 0.1) is 0 Å². The molecule has 2 aliphatic heterocycles. The highest BCUT2D eigenvalue weighted by Gasteiger charge is 2.52. The van der Waals surface area contributed by atoms with E-state index in [4.69, 9.17) is 15.3 Å². The Morgan fingerprint density at radius 3 is 2.89 bits per heavy atom. The largest absolute Gasteiger partial charge is 0.398 e. The molecule has 0 spiro atoms. The van der Waals surface area contributed by atoms with Crippen LogP contribution in [0.4, 0.5) is 5.13 Å². The van der Waals surface area contributed by atoms with Crippen molar-refractivity contribution in [2.75, 3.05) is 32.3 Å². The number of oxime groups is 1. The summed E-state index contributed by atoms with van der Waals surface area (Å²) in [6.45, 7) is 2.51. The van der Waals surface area contributed by atoms with E-state index in [2.05, 4.69) is 15.5 Å². The van der Waals surface area contributed by atoms with Crippen molar-refractivity contribution in [3.63, 3.8) is 0 Å². The van der Waals surface area contributed by atoms with E-state index >= 15 is 0 Å². The average molecular weight is 412 g/mol. The Morgan fingerprint density at radius 1 is 1.52 bits per heavy atom. The number of nitrogens with two attached hydrogens (primary N) is 1. The molecule has 2 atom stereocenters. The fraction of sp³-hybridized carbons (Fsp3) is 0.500. The van der Waals surface area contributed by atoms with Crippen LogP contribution in [0.1, 0.15) is 19.0 Å². The first-order valence-corrected chi connectivity index (χ1v) is 10.2. The molecule has 2 aliphatic rings. The highest BCUT2D eigenvalue weighted by molar-refractivity contribution is 8.00. The Bertz CT molecular complexity index is 806. The molecule has 0 saturated carbocycles. The number of fused-ring (bicyclic) bond motifs is 1. The maximum Gasteiger partial charge on any atom is 0.276 e. The second-order valence-electron chi connectivity index (χ2n) is 5.89. The molecule has 3 rings (SSSR count). The molecule has 0 aliphatic carbocycles. The number of methoxy groups -OCH3 is 1. The Kier molecular flexibility index (Phi) is 6.02. The van der Waals surface area contributed by atoms with Gasteiger partial charge in [0.2, 0.25) is 0 Å². The molecule has 1 fully saturated rings. The number of carbonyl (C=O) groups is 2. The van der Waals surface area contributed by atoms with Gasteiger partial charge in [0.15, 0.2) is 10.8 Å². The maximum atomic E-state index is 12.7. The van der Waals surface area contributed by atoms with E-state index in [1.807, 2.05) is 6.92 Å². The molecule has 0 radical (unpaired) electrons. The van der Waals surface area contributed by atoms with E-state index < -0.39 is 11.9 Å². The average Bonchev–Trinajstić information content (AvgIpc) is 3.09. The summed E-state index contributed by atoms with van der Waals surface area (Å²) in [5.74, 6) is 0.102. The topological polar surface area (TPSA) is 119 Å². The zero-order valence-electron chi connectivity index (χ0n) is 15.2. The van der Waals surface area contributed by atoms with Gasteiger partial charge in [0, 0.05) is 23.9 Å². The summed E-state index contributed by atoms with van der Waals surface area (Å²) >= 11 is 2.80. The first-order valence-electron chi connectivity index (χ1n) is 8.29. The smallest absolute Gasteiger partial charge is 0.276 e. The molecule has 11 heteroatoms. The minimum Gasteiger partial charge on any atom is -0.398 e. The van der Waals surface area contributed by atoms with Crippen LogP contribution in [0.5, 0.6) is 0 Å². The molecule has 1 saturated heterocycles. The van der Waals surface area contributed by atoms with E-state index in [0.29, 0.717) is 17.4 Å². The van der Waals surface area contributed by atoms with Gasteiger partial charge < -0.3 is 20.6 Å². The first kappa shape index (κ1) is 19.6.